The van der Waals surface area contributed by atoms with Crippen LogP contribution in [0, 0.1) is 13.8 Å². The second kappa shape index (κ2) is 6.33. The molecule has 0 spiro atoms. The molecule has 1 heterocycles. The van der Waals surface area contributed by atoms with Crippen molar-refractivity contribution in [3.8, 4) is 5.69 Å². The van der Waals surface area contributed by atoms with Gasteiger partial charge >= 0.3 is 0 Å². The molecule has 124 valence electrons. The number of aromatic nitrogens is 4. The van der Waals surface area contributed by atoms with Crippen molar-refractivity contribution in [1.29, 1.82) is 0 Å². The highest BCUT2D eigenvalue weighted by Gasteiger charge is 2.16. The van der Waals surface area contributed by atoms with E-state index in [1.165, 1.54) is 11.0 Å². The van der Waals surface area contributed by atoms with Crippen LogP contribution in [-0.2, 0) is 10.0 Å². The molecule has 0 saturated carbocycles. The van der Waals surface area contributed by atoms with E-state index in [-0.39, 0.29) is 4.90 Å². The zero-order valence-corrected chi connectivity index (χ0v) is 15.3. The summed E-state index contributed by atoms with van der Waals surface area (Å²) in [6.07, 6.45) is 1.48. The zero-order chi connectivity index (χ0) is 17.3. The SMILES string of the molecule is Cc1cc(S(=O)(=O)Nc2ccc(-n3cnnn3)c(C)c2)ccc1Br. The number of nitrogens with zero attached hydrogens (tertiary/aromatic N) is 4. The summed E-state index contributed by atoms with van der Waals surface area (Å²) >= 11 is 3.37. The lowest BCUT2D eigenvalue weighted by Crippen LogP contribution is -2.13. The number of anilines is 1. The van der Waals surface area contributed by atoms with Crippen LogP contribution in [-0.4, -0.2) is 28.6 Å². The molecule has 0 atom stereocenters. The topological polar surface area (TPSA) is 89.8 Å². The average molecular weight is 408 g/mol. The molecule has 0 fully saturated rings. The minimum absolute atomic E-state index is 0.213. The van der Waals surface area contributed by atoms with Crippen molar-refractivity contribution in [1.82, 2.24) is 20.2 Å². The monoisotopic (exact) mass is 407 g/mol. The van der Waals surface area contributed by atoms with Gasteiger partial charge in [-0.25, -0.2) is 13.1 Å². The first-order valence-electron chi connectivity index (χ1n) is 7.00. The molecular formula is C15H14BrN5O2S. The Hall–Kier alpha value is -2.26. The number of sulfonamides is 1. The van der Waals surface area contributed by atoms with E-state index in [9.17, 15) is 8.42 Å². The molecule has 3 aromatic rings. The Morgan fingerprint density at radius 1 is 1.08 bits per heavy atom. The van der Waals surface area contributed by atoms with Gasteiger partial charge in [0.1, 0.15) is 6.33 Å². The summed E-state index contributed by atoms with van der Waals surface area (Å²) in [6, 6.07) is 10.1. The average Bonchev–Trinajstić information content (AvgIpc) is 3.03. The second-order valence-corrected chi connectivity index (χ2v) is 7.81. The predicted molar refractivity (Wildman–Crippen MR) is 93.6 cm³/mol. The lowest BCUT2D eigenvalue weighted by atomic mass is 10.2. The third-order valence-corrected chi connectivity index (χ3v) is 5.75. The normalized spacial score (nSPS) is 11.5. The van der Waals surface area contributed by atoms with E-state index in [1.807, 2.05) is 13.8 Å². The van der Waals surface area contributed by atoms with Crippen LogP contribution < -0.4 is 4.72 Å². The molecule has 7 nitrogen and oxygen atoms in total. The van der Waals surface area contributed by atoms with Crippen molar-refractivity contribution < 1.29 is 8.42 Å². The molecule has 0 radical (unpaired) electrons. The van der Waals surface area contributed by atoms with Crippen molar-refractivity contribution in [3.63, 3.8) is 0 Å². The summed E-state index contributed by atoms with van der Waals surface area (Å²) in [7, 11) is -3.65. The maximum atomic E-state index is 12.5. The quantitative estimate of drug-likeness (QED) is 0.717. The fourth-order valence-corrected chi connectivity index (χ4v) is 3.63. The smallest absolute Gasteiger partial charge is 0.261 e. The Balaban J connectivity index is 1.90. The van der Waals surface area contributed by atoms with E-state index < -0.39 is 10.0 Å². The highest BCUT2D eigenvalue weighted by atomic mass is 79.9. The van der Waals surface area contributed by atoms with Gasteiger partial charge in [0.2, 0.25) is 0 Å². The molecule has 0 saturated heterocycles. The van der Waals surface area contributed by atoms with Crippen LogP contribution in [0.2, 0.25) is 0 Å². The molecule has 0 aliphatic rings. The molecule has 0 aliphatic carbocycles. The van der Waals surface area contributed by atoms with Crippen molar-refractivity contribution in [2.24, 2.45) is 0 Å². The first-order chi connectivity index (χ1) is 11.4. The molecule has 9 heteroatoms. The molecule has 1 aromatic heterocycles. The van der Waals surface area contributed by atoms with Crippen LogP contribution >= 0.6 is 15.9 Å². The molecule has 0 bridgehead atoms. The highest BCUT2D eigenvalue weighted by molar-refractivity contribution is 9.10. The summed E-state index contributed by atoms with van der Waals surface area (Å²) in [5.74, 6) is 0. The highest BCUT2D eigenvalue weighted by Crippen LogP contribution is 2.24. The van der Waals surface area contributed by atoms with Crippen molar-refractivity contribution in [3.05, 3.63) is 58.3 Å². The van der Waals surface area contributed by atoms with Gasteiger partial charge in [-0.15, -0.1) is 5.10 Å². The van der Waals surface area contributed by atoms with Gasteiger partial charge in [-0.2, -0.15) is 0 Å². The summed E-state index contributed by atoms with van der Waals surface area (Å²) in [5, 5.41) is 11.0. The van der Waals surface area contributed by atoms with Crippen molar-refractivity contribution in [2.45, 2.75) is 18.7 Å². The van der Waals surface area contributed by atoms with Crippen LogP contribution in [0.25, 0.3) is 5.69 Å². The van der Waals surface area contributed by atoms with E-state index in [0.29, 0.717) is 5.69 Å². The van der Waals surface area contributed by atoms with Gasteiger partial charge in [-0.3, -0.25) is 4.72 Å². The summed E-state index contributed by atoms with van der Waals surface area (Å²) in [6.45, 7) is 3.70. The van der Waals surface area contributed by atoms with E-state index in [4.69, 9.17) is 0 Å². The Labute approximate surface area is 147 Å². The summed E-state index contributed by atoms with van der Waals surface area (Å²) in [5.41, 5.74) is 2.95. The van der Waals surface area contributed by atoms with Crippen LogP contribution in [0.4, 0.5) is 5.69 Å². The van der Waals surface area contributed by atoms with Gasteiger partial charge in [0.05, 0.1) is 10.6 Å². The number of hydrogen-bond donors (Lipinski definition) is 1. The molecule has 3 rings (SSSR count). The maximum absolute atomic E-state index is 12.5. The maximum Gasteiger partial charge on any atom is 0.261 e. The minimum atomic E-state index is -3.65. The van der Waals surface area contributed by atoms with Crippen LogP contribution in [0.15, 0.2) is 52.1 Å². The van der Waals surface area contributed by atoms with E-state index in [0.717, 1.165) is 21.3 Å². The van der Waals surface area contributed by atoms with Gasteiger partial charge in [0.15, 0.2) is 0 Å². The fourth-order valence-electron chi connectivity index (χ4n) is 2.25. The van der Waals surface area contributed by atoms with Gasteiger partial charge in [0, 0.05) is 10.2 Å². The van der Waals surface area contributed by atoms with Crippen LogP contribution in [0.1, 0.15) is 11.1 Å². The number of halogens is 1. The molecule has 0 aliphatic heterocycles. The van der Waals surface area contributed by atoms with Gasteiger partial charge < -0.3 is 0 Å². The van der Waals surface area contributed by atoms with Crippen molar-refractivity contribution in [2.75, 3.05) is 4.72 Å². The standard InChI is InChI=1S/C15H14BrN5O2S/c1-10-8-13(4-5-14(10)16)24(22,23)18-12-3-6-15(11(2)7-12)21-9-17-19-20-21/h3-9,18H,1-2H3. The number of aryl methyl sites for hydroxylation is 2. The zero-order valence-electron chi connectivity index (χ0n) is 12.9. The number of benzene rings is 2. The first-order valence-corrected chi connectivity index (χ1v) is 9.27. The van der Waals surface area contributed by atoms with E-state index in [1.54, 1.807) is 36.4 Å². The largest absolute Gasteiger partial charge is 0.280 e. The summed E-state index contributed by atoms with van der Waals surface area (Å²) in [4.78, 5) is 0.213. The Morgan fingerprint density at radius 3 is 2.50 bits per heavy atom. The second-order valence-electron chi connectivity index (χ2n) is 5.27. The third kappa shape index (κ3) is 3.31. The molecule has 1 N–H and O–H groups in total. The lowest BCUT2D eigenvalue weighted by Gasteiger charge is -2.11. The van der Waals surface area contributed by atoms with Crippen LogP contribution in [0.5, 0.6) is 0 Å². The van der Waals surface area contributed by atoms with E-state index in [2.05, 4.69) is 36.2 Å². The fraction of sp³-hybridized carbons (Fsp3) is 0.133. The Kier molecular flexibility index (Phi) is 4.37. The van der Waals surface area contributed by atoms with Gasteiger partial charge in [0.25, 0.3) is 10.0 Å². The van der Waals surface area contributed by atoms with Crippen LogP contribution in [0.3, 0.4) is 0 Å². The van der Waals surface area contributed by atoms with Crippen molar-refractivity contribution >= 4 is 31.6 Å². The predicted octanol–water partition coefficient (Wildman–Crippen LogP) is 2.84. The Bertz CT molecular complexity index is 987. The molecule has 24 heavy (non-hydrogen) atoms. The number of tetrazole rings is 1. The van der Waals surface area contributed by atoms with Gasteiger partial charge in [-0.05, 0) is 71.8 Å². The molecular weight excluding hydrogens is 394 g/mol. The number of rotatable bonds is 4. The first kappa shape index (κ1) is 16.6. The summed E-state index contributed by atoms with van der Waals surface area (Å²) < 4.78 is 30.0. The number of hydrogen-bond acceptors (Lipinski definition) is 5. The van der Waals surface area contributed by atoms with E-state index >= 15 is 0 Å². The molecule has 0 amide bonds. The Morgan fingerprint density at radius 2 is 1.88 bits per heavy atom. The minimum Gasteiger partial charge on any atom is -0.280 e. The third-order valence-electron chi connectivity index (χ3n) is 3.48. The van der Waals surface area contributed by atoms with Gasteiger partial charge in [-0.1, -0.05) is 15.9 Å². The molecule has 2 aromatic carbocycles. The lowest BCUT2D eigenvalue weighted by molar-refractivity contribution is 0.601. The molecule has 0 unspecified atom stereocenters. The number of nitrogens with one attached hydrogen (secondary N) is 1.